The third-order valence-electron chi connectivity index (χ3n) is 3.54. The Labute approximate surface area is 155 Å². The van der Waals surface area contributed by atoms with Gasteiger partial charge in [-0.2, -0.15) is 0 Å². The lowest BCUT2D eigenvalue weighted by Gasteiger charge is -2.08. The van der Waals surface area contributed by atoms with Crippen molar-refractivity contribution in [1.82, 2.24) is 15.3 Å². The maximum atomic E-state index is 12.4. The number of para-hydroxylation sites is 1. The molecule has 0 saturated heterocycles. The van der Waals surface area contributed by atoms with Gasteiger partial charge in [0, 0.05) is 18.6 Å². The minimum absolute atomic E-state index is 0.260. The largest absolute Gasteiger partial charge is 0.346 e. The minimum Gasteiger partial charge on any atom is -0.346 e. The molecule has 2 amide bonds. The van der Waals surface area contributed by atoms with E-state index >= 15 is 0 Å². The quantitative estimate of drug-likeness (QED) is 0.725. The Morgan fingerprint density at radius 2 is 1.69 bits per heavy atom. The van der Waals surface area contributed by atoms with Crippen molar-refractivity contribution in [2.24, 2.45) is 0 Å². The van der Waals surface area contributed by atoms with E-state index in [1.165, 1.54) is 18.5 Å². The molecule has 3 rings (SSSR count). The second kappa shape index (κ2) is 8.22. The van der Waals surface area contributed by atoms with Crippen LogP contribution in [0.25, 0.3) is 0 Å². The van der Waals surface area contributed by atoms with Crippen LogP contribution < -0.4 is 10.6 Å². The Balaban J connectivity index is 1.68. The molecule has 2 N–H and O–H groups in total. The molecule has 0 aliphatic carbocycles. The summed E-state index contributed by atoms with van der Waals surface area (Å²) in [6.07, 6.45) is 4.45. The number of halogens is 1. The molecule has 0 radical (unpaired) electrons. The molecule has 0 aliphatic heterocycles. The number of nitrogens with zero attached hydrogens (tertiary/aromatic N) is 2. The first-order valence-corrected chi connectivity index (χ1v) is 8.20. The third kappa shape index (κ3) is 4.43. The van der Waals surface area contributed by atoms with Crippen LogP contribution in [0, 0.1) is 0 Å². The van der Waals surface area contributed by atoms with Crippen LogP contribution in [-0.2, 0) is 6.54 Å². The van der Waals surface area contributed by atoms with Gasteiger partial charge in [0.15, 0.2) is 0 Å². The van der Waals surface area contributed by atoms with Gasteiger partial charge < -0.3 is 10.6 Å². The maximum absolute atomic E-state index is 12.4. The van der Waals surface area contributed by atoms with E-state index in [9.17, 15) is 9.59 Å². The summed E-state index contributed by atoms with van der Waals surface area (Å²) in [5.74, 6) is -0.736. The Morgan fingerprint density at radius 1 is 0.962 bits per heavy atom. The molecule has 26 heavy (non-hydrogen) atoms. The van der Waals surface area contributed by atoms with Crippen molar-refractivity contribution in [3.05, 3.63) is 89.0 Å². The van der Waals surface area contributed by atoms with Crippen LogP contribution in [0.2, 0.25) is 5.02 Å². The summed E-state index contributed by atoms with van der Waals surface area (Å²) in [6.45, 7) is 0.287. The van der Waals surface area contributed by atoms with E-state index in [0.717, 1.165) is 5.69 Å². The van der Waals surface area contributed by atoms with Gasteiger partial charge in [-0.25, -0.2) is 0 Å². The van der Waals surface area contributed by atoms with Crippen molar-refractivity contribution in [1.29, 1.82) is 0 Å². The molecule has 0 atom stereocenters. The first-order chi connectivity index (χ1) is 12.6. The average Bonchev–Trinajstić information content (AvgIpc) is 2.69. The SMILES string of the molecule is O=C(NCc1ccccn1)c1cncc(C(=O)Nc2ccccc2Cl)c1. The van der Waals surface area contributed by atoms with Crippen molar-refractivity contribution >= 4 is 29.1 Å². The van der Waals surface area contributed by atoms with Gasteiger partial charge in [0.05, 0.1) is 34.1 Å². The average molecular weight is 367 g/mol. The number of amides is 2. The van der Waals surface area contributed by atoms with Crippen LogP contribution in [0.4, 0.5) is 5.69 Å². The Hall–Kier alpha value is -3.25. The highest BCUT2D eigenvalue weighted by Crippen LogP contribution is 2.21. The van der Waals surface area contributed by atoms with E-state index in [-0.39, 0.29) is 23.6 Å². The van der Waals surface area contributed by atoms with Crippen molar-refractivity contribution in [2.75, 3.05) is 5.32 Å². The molecular weight excluding hydrogens is 352 g/mol. The number of benzene rings is 1. The molecule has 0 fully saturated rings. The highest BCUT2D eigenvalue weighted by Gasteiger charge is 2.12. The third-order valence-corrected chi connectivity index (χ3v) is 3.87. The molecule has 6 nitrogen and oxygen atoms in total. The summed E-state index contributed by atoms with van der Waals surface area (Å²) in [6, 6.07) is 13.8. The molecule has 3 aromatic rings. The van der Waals surface area contributed by atoms with Crippen LogP contribution in [0.5, 0.6) is 0 Å². The molecule has 2 heterocycles. The molecule has 0 spiro atoms. The Kier molecular flexibility index (Phi) is 5.56. The molecular formula is C19H15ClN4O2. The Morgan fingerprint density at radius 3 is 2.42 bits per heavy atom. The zero-order valence-corrected chi connectivity index (χ0v) is 14.4. The second-order valence-electron chi connectivity index (χ2n) is 5.40. The predicted octanol–water partition coefficient (Wildman–Crippen LogP) is 3.31. The molecule has 7 heteroatoms. The number of carbonyl (C=O) groups excluding carboxylic acids is 2. The fraction of sp³-hybridized carbons (Fsp3) is 0.0526. The molecule has 2 aromatic heterocycles. The fourth-order valence-electron chi connectivity index (χ4n) is 2.22. The normalized spacial score (nSPS) is 10.2. The van der Waals surface area contributed by atoms with Crippen molar-refractivity contribution < 1.29 is 9.59 Å². The molecule has 0 bridgehead atoms. The van der Waals surface area contributed by atoms with E-state index < -0.39 is 5.91 Å². The maximum Gasteiger partial charge on any atom is 0.257 e. The summed E-state index contributed by atoms with van der Waals surface area (Å²) in [5.41, 5.74) is 1.77. The monoisotopic (exact) mass is 366 g/mol. The number of aromatic nitrogens is 2. The van der Waals surface area contributed by atoms with Crippen LogP contribution in [0.3, 0.4) is 0 Å². The molecule has 0 saturated carbocycles. The van der Waals surface area contributed by atoms with Crippen LogP contribution in [0.15, 0.2) is 67.1 Å². The van der Waals surface area contributed by atoms with Crippen LogP contribution in [-0.4, -0.2) is 21.8 Å². The van der Waals surface area contributed by atoms with Gasteiger partial charge in [0.25, 0.3) is 11.8 Å². The summed E-state index contributed by atoms with van der Waals surface area (Å²) < 4.78 is 0. The number of rotatable bonds is 5. The molecule has 1 aromatic carbocycles. The van der Waals surface area contributed by atoms with E-state index in [4.69, 9.17) is 11.6 Å². The number of nitrogens with one attached hydrogen (secondary N) is 2. The zero-order chi connectivity index (χ0) is 18.4. The number of anilines is 1. The summed E-state index contributed by atoms with van der Waals surface area (Å²) in [5, 5.41) is 5.87. The Bertz CT molecular complexity index is 932. The topological polar surface area (TPSA) is 84.0 Å². The van der Waals surface area contributed by atoms with E-state index in [1.807, 2.05) is 12.1 Å². The van der Waals surface area contributed by atoms with Gasteiger partial charge in [-0.1, -0.05) is 29.8 Å². The number of hydrogen-bond donors (Lipinski definition) is 2. The first-order valence-electron chi connectivity index (χ1n) is 7.82. The highest BCUT2D eigenvalue weighted by atomic mass is 35.5. The van der Waals surface area contributed by atoms with Crippen LogP contribution in [0.1, 0.15) is 26.4 Å². The molecule has 0 aliphatic rings. The van der Waals surface area contributed by atoms with Gasteiger partial charge in [-0.3, -0.25) is 19.6 Å². The first kappa shape index (κ1) is 17.6. The predicted molar refractivity (Wildman–Crippen MR) is 99.0 cm³/mol. The van der Waals surface area contributed by atoms with Gasteiger partial charge in [-0.15, -0.1) is 0 Å². The summed E-state index contributed by atoms with van der Waals surface area (Å²) in [4.78, 5) is 32.8. The smallest absolute Gasteiger partial charge is 0.257 e. The summed E-state index contributed by atoms with van der Waals surface area (Å²) >= 11 is 6.04. The van der Waals surface area contributed by atoms with E-state index in [2.05, 4.69) is 20.6 Å². The lowest BCUT2D eigenvalue weighted by molar-refractivity contribution is 0.0950. The standard InChI is InChI=1S/C19H15ClN4O2/c20-16-6-1-2-7-17(16)24-19(26)14-9-13(10-21-11-14)18(25)23-12-15-5-3-4-8-22-15/h1-11H,12H2,(H,23,25)(H,24,26). The molecule has 0 unspecified atom stereocenters. The molecule has 130 valence electrons. The van der Waals surface area contributed by atoms with Gasteiger partial charge in [0.2, 0.25) is 0 Å². The highest BCUT2D eigenvalue weighted by molar-refractivity contribution is 6.33. The minimum atomic E-state index is -0.398. The number of carbonyl (C=O) groups is 2. The lowest BCUT2D eigenvalue weighted by atomic mass is 10.1. The van der Waals surface area contributed by atoms with Crippen molar-refractivity contribution in [2.45, 2.75) is 6.54 Å². The summed E-state index contributed by atoms with van der Waals surface area (Å²) in [7, 11) is 0. The lowest BCUT2D eigenvalue weighted by Crippen LogP contribution is -2.24. The van der Waals surface area contributed by atoms with Gasteiger partial charge in [0.1, 0.15) is 0 Å². The van der Waals surface area contributed by atoms with Crippen LogP contribution >= 0.6 is 11.6 Å². The van der Waals surface area contributed by atoms with Gasteiger partial charge >= 0.3 is 0 Å². The van der Waals surface area contributed by atoms with Crippen molar-refractivity contribution in [3.63, 3.8) is 0 Å². The number of hydrogen-bond acceptors (Lipinski definition) is 4. The van der Waals surface area contributed by atoms with Gasteiger partial charge in [-0.05, 0) is 30.3 Å². The van der Waals surface area contributed by atoms with E-state index in [0.29, 0.717) is 10.7 Å². The van der Waals surface area contributed by atoms with Crippen molar-refractivity contribution in [3.8, 4) is 0 Å². The zero-order valence-electron chi connectivity index (χ0n) is 13.6. The number of pyridine rings is 2. The second-order valence-corrected chi connectivity index (χ2v) is 5.81. The van der Waals surface area contributed by atoms with E-state index in [1.54, 1.807) is 36.5 Å². The fourth-order valence-corrected chi connectivity index (χ4v) is 2.40.